The summed E-state index contributed by atoms with van der Waals surface area (Å²) in [6.07, 6.45) is 0. The number of ether oxygens (including phenoxy) is 1. The number of hydrogen-bond donors (Lipinski definition) is 2. The molecule has 0 amide bonds. The Morgan fingerprint density at radius 1 is 1.16 bits per heavy atom. The van der Waals surface area contributed by atoms with E-state index < -0.39 is 24.6 Å². The third-order valence-corrected chi connectivity index (χ3v) is 4.63. The van der Waals surface area contributed by atoms with Gasteiger partial charge in [0.1, 0.15) is 5.75 Å². The number of nitrogens with zero attached hydrogens (tertiary/aromatic N) is 3. The third-order valence-electron chi connectivity index (χ3n) is 4.37. The Balaban J connectivity index is 2.02. The molecule has 0 saturated carbocycles. The first-order valence-electron chi connectivity index (χ1n) is 9.18. The Morgan fingerprint density at radius 3 is 2.48 bits per heavy atom. The lowest BCUT2D eigenvalue weighted by Gasteiger charge is -2.16. The van der Waals surface area contributed by atoms with Crippen LogP contribution in [0.3, 0.4) is 0 Å². The van der Waals surface area contributed by atoms with E-state index in [0.29, 0.717) is 16.3 Å². The fraction of sp³-hybridized carbons (Fsp3) is 0.250. The monoisotopic (exact) mass is 452 g/mol. The number of benzene rings is 2. The van der Waals surface area contributed by atoms with Gasteiger partial charge in [-0.25, -0.2) is 14.2 Å². The van der Waals surface area contributed by atoms with Gasteiger partial charge in [-0.3, -0.25) is 4.57 Å². The van der Waals surface area contributed by atoms with Crippen LogP contribution < -0.4 is 21.4 Å². The van der Waals surface area contributed by atoms with E-state index in [1.807, 2.05) is 0 Å². The zero-order valence-corrected chi connectivity index (χ0v) is 17.1. The van der Waals surface area contributed by atoms with Crippen LogP contribution in [0.2, 0.25) is 5.02 Å². The van der Waals surface area contributed by atoms with Gasteiger partial charge in [-0.2, -0.15) is 13.8 Å². The van der Waals surface area contributed by atoms with E-state index in [0.717, 1.165) is 10.1 Å². The van der Waals surface area contributed by atoms with Gasteiger partial charge in [0.25, 0.3) is 0 Å². The molecule has 0 aliphatic heterocycles. The van der Waals surface area contributed by atoms with E-state index in [9.17, 15) is 23.5 Å². The molecule has 1 heterocycles. The summed E-state index contributed by atoms with van der Waals surface area (Å²) in [5.41, 5.74) is 0.0623. The molecule has 0 radical (unpaired) electrons. The number of aromatic nitrogens is 3. The molecule has 31 heavy (non-hydrogen) atoms. The number of rotatable bonds is 8. The number of anilines is 2. The molecule has 0 bridgehead atoms. The van der Waals surface area contributed by atoms with Gasteiger partial charge < -0.3 is 15.2 Å². The number of nitrogens with one attached hydrogen (secondary N) is 1. The normalized spacial score (nSPS) is 11.0. The second kappa shape index (κ2) is 9.71. The predicted octanol–water partition coefficient (Wildman–Crippen LogP) is 2.75. The first-order chi connectivity index (χ1) is 14.8. The highest BCUT2D eigenvalue weighted by Gasteiger charge is 2.15. The van der Waals surface area contributed by atoms with E-state index in [-0.39, 0.29) is 24.8 Å². The molecule has 0 spiro atoms. The summed E-state index contributed by atoms with van der Waals surface area (Å²) < 4.78 is 31.4. The summed E-state index contributed by atoms with van der Waals surface area (Å²) in [7, 11) is 0. The maximum Gasteiger partial charge on any atom is 0.387 e. The number of alkyl halides is 2. The number of aliphatic hydroxyl groups excluding tert-OH is 1. The molecule has 0 atom stereocenters. The molecule has 1 aromatic heterocycles. The van der Waals surface area contributed by atoms with Crippen LogP contribution in [0.4, 0.5) is 20.4 Å². The Morgan fingerprint density at radius 2 is 1.87 bits per heavy atom. The molecule has 2 N–H and O–H groups in total. The lowest BCUT2D eigenvalue weighted by atomic mass is 10.2. The topological polar surface area (TPSA) is 98.4 Å². The van der Waals surface area contributed by atoms with Crippen molar-refractivity contribution in [2.24, 2.45) is 0 Å². The Labute approximate surface area is 180 Å². The quantitative estimate of drug-likeness (QED) is 0.545. The molecule has 3 aromatic rings. The number of aliphatic hydroxyl groups is 1. The van der Waals surface area contributed by atoms with Crippen molar-refractivity contribution in [3.8, 4) is 5.75 Å². The van der Waals surface area contributed by atoms with Gasteiger partial charge >= 0.3 is 18.0 Å². The molecular formula is C20H19ClF2N4O4. The molecule has 0 aliphatic carbocycles. The van der Waals surface area contributed by atoms with Gasteiger partial charge in [0.2, 0.25) is 5.95 Å². The van der Waals surface area contributed by atoms with Crippen LogP contribution in [0, 0.1) is 6.92 Å². The minimum atomic E-state index is -2.96. The zero-order valence-electron chi connectivity index (χ0n) is 16.4. The smallest absolute Gasteiger partial charge is 0.387 e. The molecule has 0 aliphatic rings. The zero-order chi connectivity index (χ0) is 22.5. The van der Waals surface area contributed by atoms with E-state index >= 15 is 0 Å². The Kier molecular flexibility index (Phi) is 7.03. The van der Waals surface area contributed by atoms with Crippen LogP contribution in [-0.4, -0.2) is 32.4 Å². The van der Waals surface area contributed by atoms with Crippen molar-refractivity contribution in [3.63, 3.8) is 0 Å². The lowest BCUT2D eigenvalue weighted by Crippen LogP contribution is -2.43. The van der Waals surface area contributed by atoms with Gasteiger partial charge in [0.05, 0.1) is 19.7 Å². The van der Waals surface area contributed by atoms with Gasteiger partial charge in [0.15, 0.2) is 0 Å². The summed E-state index contributed by atoms with van der Waals surface area (Å²) in [5, 5.41) is 12.6. The second-order valence-corrected chi connectivity index (χ2v) is 7.01. The fourth-order valence-electron chi connectivity index (χ4n) is 2.92. The average molecular weight is 453 g/mol. The van der Waals surface area contributed by atoms with Crippen LogP contribution in [0.5, 0.6) is 5.75 Å². The minimum absolute atomic E-state index is 0.00503. The summed E-state index contributed by atoms with van der Waals surface area (Å²) in [5.74, 6) is -0.0357. The first-order valence-corrected chi connectivity index (χ1v) is 9.55. The Bertz CT molecular complexity index is 1180. The summed E-state index contributed by atoms with van der Waals surface area (Å²) in [4.78, 5) is 29.1. The molecule has 8 nitrogen and oxygen atoms in total. The Hall–Kier alpha value is -3.24. The first kappa shape index (κ1) is 22.4. The van der Waals surface area contributed by atoms with E-state index in [2.05, 4.69) is 15.0 Å². The van der Waals surface area contributed by atoms with Crippen molar-refractivity contribution in [1.29, 1.82) is 0 Å². The standard InChI is InChI=1S/C20H19ClF2N4O4/c1-12-10-15(6-7-16(12)31-17(22)23)24-18-25-19(29)26(8-9-28)20(30)27(18)11-13-2-4-14(21)5-3-13/h2-7,10,17,28H,8-9,11H2,1H3,(H,24,25,29). The summed E-state index contributed by atoms with van der Waals surface area (Å²) in [6.45, 7) is -1.92. The third kappa shape index (κ3) is 5.47. The molecule has 164 valence electrons. The van der Waals surface area contributed by atoms with Gasteiger partial charge in [-0.15, -0.1) is 0 Å². The lowest BCUT2D eigenvalue weighted by molar-refractivity contribution is -0.0502. The number of aryl methyl sites for hydroxylation is 1. The van der Waals surface area contributed by atoms with Crippen molar-refractivity contribution in [2.45, 2.75) is 26.6 Å². The van der Waals surface area contributed by atoms with Crippen molar-refractivity contribution in [1.82, 2.24) is 14.1 Å². The van der Waals surface area contributed by atoms with E-state index in [1.165, 1.54) is 22.8 Å². The molecule has 3 rings (SSSR count). The highest BCUT2D eigenvalue weighted by atomic mass is 35.5. The van der Waals surface area contributed by atoms with Crippen molar-refractivity contribution < 1.29 is 18.6 Å². The molecular weight excluding hydrogens is 434 g/mol. The number of halogens is 3. The van der Waals surface area contributed by atoms with Crippen LogP contribution in [-0.2, 0) is 13.1 Å². The maximum atomic E-state index is 12.9. The second-order valence-electron chi connectivity index (χ2n) is 6.57. The SMILES string of the molecule is Cc1cc(Nc2nc(=O)n(CCO)c(=O)n2Cc2ccc(Cl)cc2)ccc1OC(F)F. The fourth-order valence-corrected chi connectivity index (χ4v) is 3.04. The van der Waals surface area contributed by atoms with Crippen LogP contribution >= 0.6 is 11.6 Å². The van der Waals surface area contributed by atoms with Crippen molar-refractivity contribution in [2.75, 3.05) is 11.9 Å². The van der Waals surface area contributed by atoms with Crippen molar-refractivity contribution >= 4 is 23.2 Å². The van der Waals surface area contributed by atoms with Crippen LogP contribution in [0.1, 0.15) is 11.1 Å². The average Bonchev–Trinajstić information content (AvgIpc) is 2.71. The minimum Gasteiger partial charge on any atom is -0.435 e. The van der Waals surface area contributed by atoms with Crippen molar-refractivity contribution in [3.05, 3.63) is 79.6 Å². The van der Waals surface area contributed by atoms with Crippen LogP contribution in [0.25, 0.3) is 0 Å². The molecule has 2 aromatic carbocycles. The largest absolute Gasteiger partial charge is 0.435 e. The van der Waals surface area contributed by atoms with Gasteiger partial charge in [-0.1, -0.05) is 23.7 Å². The highest BCUT2D eigenvalue weighted by Crippen LogP contribution is 2.25. The number of hydrogen-bond acceptors (Lipinski definition) is 6. The van der Waals surface area contributed by atoms with Gasteiger partial charge in [0, 0.05) is 10.7 Å². The molecule has 0 fully saturated rings. The molecule has 0 unspecified atom stereocenters. The highest BCUT2D eigenvalue weighted by molar-refractivity contribution is 6.30. The molecule has 0 saturated heterocycles. The maximum absolute atomic E-state index is 12.9. The van der Waals surface area contributed by atoms with E-state index in [4.69, 9.17) is 11.6 Å². The van der Waals surface area contributed by atoms with E-state index in [1.54, 1.807) is 31.2 Å². The summed E-state index contributed by atoms with van der Waals surface area (Å²) in [6, 6.07) is 11.1. The molecule has 11 heteroatoms. The predicted molar refractivity (Wildman–Crippen MR) is 111 cm³/mol. The van der Waals surface area contributed by atoms with Crippen LogP contribution in [0.15, 0.2) is 52.1 Å². The summed E-state index contributed by atoms with van der Waals surface area (Å²) >= 11 is 5.91. The van der Waals surface area contributed by atoms with Gasteiger partial charge in [-0.05, 0) is 48.4 Å².